The zero-order valence-corrected chi connectivity index (χ0v) is 21.2. The summed E-state index contributed by atoms with van der Waals surface area (Å²) in [7, 11) is 3.09. The number of hydrogen-bond acceptors (Lipinski definition) is 7. The van der Waals surface area contributed by atoms with E-state index in [2.05, 4.69) is 0 Å². The Hall–Kier alpha value is -3.48. The van der Waals surface area contributed by atoms with E-state index in [1.807, 2.05) is 20.8 Å². The zero-order chi connectivity index (χ0) is 25.5. The topological polar surface area (TPSA) is 80.3 Å². The van der Waals surface area contributed by atoms with Crippen LogP contribution in [0.15, 0.2) is 42.5 Å². The molecule has 0 heterocycles. The lowest BCUT2D eigenvalue weighted by Crippen LogP contribution is -2.27. The molecule has 0 aliphatic carbocycles. The Bertz CT molecular complexity index is 1040. The van der Waals surface area contributed by atoms with Crippen LogP contribution in [0.4, 0.5) is 0 Å². The third kappa shape index (κ3) is 8.46. The van der Waals surface area contributed by atoms with E-state index < -0.39 is 17.2 Å². The molecule has 0 aromatic heterocycles. The maximum Gasteiger partial charge on any atom is 0.344 e. The minimum Gasteiger partial charge on any atom is -0.493 e. The fraction of sp³-hybridized carbons (Fsp3) is 0.407. The Morgan fingerprint density at radius 3 is 2.15 bits per heavy atom. The second-order valence-electron chi connectivity index (χ2n) is 9.57. The first-order chi connectivity index (χ1) is 15.8. The molecule has 0 unspecified atom stereocenters. The van der Waals surface area contributed by atoms with Gasteiger partial charge in [-0.05, 0) is 77.4 Å². The second-order valence-corrected chi connectivity index (χ2v) is 9.57. The van der Waals surface area contributed by atoms with Crippen LogP contribution in [0, 0.1) is 0 Å². The first-order valence-electron chi connectivity index (χ1n) is 10.9. The molecule has 0 spiro atoms. The van der Waals surface area contributed by atoms with Gasteiger partial charge in [0.2, 0.25) is 5.75 Å². The van der Waals surface area contributed by atoms with Gasteiger partial charge in [0.25, 0.3) is 0 Å². The molecule has 0 radical (unpaired) electrons. The molecule has 0 N–H and O–H groups in total. The van der Waals surface area contributed by atoms with E-state index in [-0.39, 0.29) is 12.4 Å². The van der Waals surface area contributed by atoms with E-state index in [0.717, 1.165) is 0 Å². The van der Waals surface area contributed by atoms with Crippen molar-refractivity contribution in [2.75, 3.05) is 20.8 Å². The molecule has 0 saturated carbocycles. The Morgan fingerprint density at radius 2 is 1.56 bits per heavy atom. The third-order valence-corrected chi connectivity index (χ3v) is 4.21. The summed E-state index contributed by atoms with van der Waals surface area (Å²) >= 11 is 0. The van der Waals surface area contributed by atoms with Gasteiger partial charge in [0.15, 0.2) is 23.9 Å². The van der Waals surface area contributed by atoms with Gasteiger partial charge in [0, 0.05) is 5.56 Å². The highest BCUT2D eigenvalue weighted by atomic mass is 16.6. The summed E-state index contributed by atoms with van der Waals surface area (Å²) in [6, 6.07) is 10.2. The molecular formula is C27H34O7. The van der Waals surface area contributed by atoms with Crippen molar-refractivity contribution in [3.8, 4) is 23.0 Å². The first kappa shape index (κ1) is 26.8. The van der Waals surface area contributed by atoms with Crippen molar-refractivity contribution >= 4 is 17.8 Å². The highest BCUT2D eigenvalue weighted by molar-refractivity contribution is 6.07. The smallest absolute Gasteiger partial charge is 0.344 e. The van der Waals surface area contributed by atoms with Crippen molar-refractivity contribution < 1.29 is 33.3 Å². The summed E-state index contributed by atoms with van der Waals surface area (Å²) < 4.78 is 27.6. The van der Waals surface area contributed by atoms with Crippen molar-refractivity contribution in [3.05, 3.63) is 53.6 Å². The average Bonchev–Trinajstić information content (AvgIpc) is 2.73. The number of benzene rings is 2. The van der Waals surface area contributed by atoms with Gasteiger partial charge in [0.05, 0.1) is 14.2 Å². The third-order valence-electron chi connectivity index (χ3n) is 4.21. The number of ketones is 1. The van der Waals surface area contributed by atoms with E-state index in [1.165, 1.54) is 6.08 Å². The van der Waals surface area contributed by atoms with Gasteiger partial charge in [-0.3, -0.25) is 4.79 Å². The van der Waals surface area contributed by atoms with Crippen LogP contribution in [-0.4, -0.2) is 43.8 Å². The Kier molecular flexibility index (Phi) is 8.74. The normalized spacial score (nSPS) is 11.8. The highest BCUT2D eigenvalue weighted by Gasteiger charge is 2.20. The van der Waals surface area contributed by atoms with Crippen LogP contribution in [0.3, 0.4) is 0 Å². The summed E-state index contributed by atoms with van der Waals surface area (Å²) in [5.41, 5.74) is 0.0911. The number of esters is 1. The minimum atomic E-state index is -0.592. The van der Waals surface area contributed by atoms with Crippen LogP contribution in [-0.2, 0) is 9.53 Å². The Morgan fingerprint density at radius 1 is 0.882 bits per heavy atom. The van der Waals surface area contributed by atoms with Gasteiger partial charge >= 0.3 is 5.97 Å². The van der Waals surface area contributed by atoms with Gasteiger partial charge in [-0.25, -0.2) is 4.79 Å². The van der Waals surface area contributed by atoms with Gasteiger partial charge in [-0.1, -0.05) is 18.2 Å². The monoisotopic (exact) mass is 470 g/mol. The number of ether oxygens (including phenoxy) is 5. The van der Waals surface area contributed by atoms with Crippen LogP contribution in [0.1, 0.15) is 57.5 Å². The van der Waals surface area contributed by atoms with E-state index >= 15 is 0 Å². The Balaban J connectivity index is 2.18. The standard InChI is InChI=1S/C27H34O7/c1-26(2,3)33-23-15-18(14-22(30-7)25(23)31-8)12-13-21(28)19-10-9-11-20(16-19)32-17-24(29)34-27(4,5)6/h9-16H,17H2,1-8H3/b13-12+. The molecule has 0 bridgehead atoms. The summed E-state index contributed by atoms with van der Waals surface area (Å²) in [6.45, 7) is 10.9. The van der Waals surface area contributed by atoms with Crippen LogP contribution in [0.2, 0.25) is 0 Å². The fourth-order valence-corrected chi connectivity index (χ4v) is 2.97. The molecule has 0 aliphatic rings. The summed E-state index contributed by atoms with van der Waals surface area (Å²) in [5.74, 6) is 1.18. The molecule has 0 saturated heterocycles. The molecule has 2 aromatic rings. The van der Waals surface area contributed by atoms with Crippen molar-refractivity contribution in [1.29, 1.82) is 0 Å². The summed E-state index contributed by atoms with van der Waals surface area (Å²) in [4.78, 5) is 24.6. The van der Waals surface area contributed by atoms with Crippen molar-refractivity contribution in [2.45, 2.75) is 52.7 Å². The lowest BCUT2D eigenvalue weighted by atomic mass is 10.1. The molecule has 184 valence electrons. The number of carbonyl (C=O) groups excluding carboxylic acids is 2. The molecule has 34 heavy (non-hydrogen) atoms. The van der Waals surface area contributed by atoms with Crippen LogP contribution >= 0.6 is 0 Å². The number of allylic oxidation sites excluding steroid dienone is 1. The minimum absolute atomic E-state index is 0.226. The van der Waals surface area contributed by atoms with Gasteiger partial charge < -0.3 is 23.7 Å². The summed E-state index contributed by atoms with van der Waals surface area (Å²) in [5, 5.41) is 0. The van der Waals surface area contributed by atoms with E-state index in [1.54, 1.807) is 77.5 Å². The number of hydrogen-bond donors (Lipinski definition) is 0. The summed E-state index contributed by atoms with van der Waals surface area (Å²) in [6.07, 6.45) is 3.13. The Labute approximate surface area is 201 Å². The van der Waals surface area contributed by atoms with Crippen molar-refractivity contribution in [2.24, 2.45) is 0 Å². The van der Waals surface area contributed by atoms with E-state index in [0.29, 0.717) is 34.1 Å². The predicted molar refractivity (Wildman–Crippen MR) is 131 cm³/mol. The molecule has 0 aliphatic heterocycles. The zero-order valence-electron chi connectivity index (χ0n) is 21.2. The predicted octanol–water partition coefficient (Wildman–Crippen LogP) is 5.50. The largest absolute Gasteiger partial charge is 0.493 e. The number of methoxy groups -OCH3 is 2. The molecule has 0 fully saturated rings. The molecule has 0 amide bonds. The SMILES string of the molecule is COc1cc(/C=C/C(=O)c2cccc(OCC(=O)OC(C)(C)C)c2)cc(OC(C)(C)C)c1OC. The van der Waals surface area contributed by atoms with Crippen LogP contribution in [0.5, 0.6) is 23.0 Å². The molecule has 0 atom stereocenters. The van der Waals surface area contributed by atoms with Gasteiger partial charge in [-0.2, -0.15) is 0 Å². The molecule has 7 nitrogen and oxygen atoms in total. The maximum atomic E-state index is 12.8. The lowest BCUT2D eigenvalue weighted by molar-refractivity contribution is -0.157. The van der Waals surface area contributed by atoms with Crippen molar-refractivity contribution in [3.63, 3.8) is 0 Å². The first-order valence-corrected chi connectivity index (χ1v) is 10.9. The highest BCUT2D eigenvalue weighted by Crippen LogP contribution is 2.40. The van der Waals surface area contributed by atoms with Gasteiger partial charge in [0.1, 0.15) is 17.0 Å². The quantitative estimate of drug-likeness (QED) is 0.272. The number of rotatable bonds is 9. The van der Waals surface area contributed by atoms with Gasteiger partial charge in [-0.15, -0.1) is 0 Å². The van der Waals surface area contributed by atoms with E-state index in [4.69, 9.17) is 23.7 Å². The molecular weight excluding hydrogens is 436 g/mol. The van der Waals surface area contributed by atoms with Crippen LogP contribution < -0.4 is 18.9 Å². The van der Waals surface area contributed by atoms with Crippen molar-refractivity contribution in [1.82, 2.24) is 0 Å². The molecule has 2 rings (SSSR count). The number of carbonyl (C=O) groups is 2. The van der Waals surface area contributed by atoms with Crippen LogP contribution in [0.25, 0.3) is 6.08 Å². The maximum absolute atomic E-state index is 12.8. The lowest BCUT2D eigenvalue weighted by Gasteiger charge is -2.24. The molecule has 2 aromatic carbocycles. The average molecular weight is 471 g/mol. The molecule has 7 heteroatoms. The van der Waals surface area contributed by atoms with E-state index in [9.17, 15) is 9.59 Å². The fourth-order valence-electron chi connectivity index (χ4n) is 2.97. The second kappa shape index (κ2) is 11.1.